The maximum atomic E-state index is 14.1. The Balaban J connectivity index is 1.58. The van der Waals surface area contributed by atoms with Gasteiger partial charge < -0.3 is 19.6 Å². The van der Waals surface area contributed by atoms with E-state index < -0.39 is 5.97 Å². The van der Waals surface area contributed by atoms with Gasteiger partial charge in [-0.1, -0.05) is 18.8 Å². The molecule has 0 bridgehead atoms. The van der Waals surface area contributed by atoms with E-state index in [0.29, 0.717) is 42.4 Å². The Hall–Kier alpha value is -2.53. The molecule has 4 rings (SSSR count). The van der Waals surface area contributed by atoms with Crippen LogP contribution in [0.2, 0.25) is 0 Å². The minimum absolute atomic E-state index is 0.0111. The summed E-state index contributed by atoms with van der Waals surface area (Å²) < 4.78 is 5.89. The molecule has 1 N–H and O–H groups in total. The van der Waals surface area contributed by atoms with Gasteiger partial charge in [-0.25, -0.2) is 9.59 Å². The minimum atomic E-state index is -1.04. The number of carboxylic acids is 1. The number of piperidine rings is 1. The highest BCUT2D eigenvalue weighted by Crippen LogP contribution is 2.38. The normalized spacial score (nSPS) is 23.6. The molecule has 8 heteroatoms. The number of anilines is 1. The number of carbonyl (C=O) groups excluding carboxylic acids is 2. The number of ether oxygens (including phenoxy) is 1. The van der Waals surface area contributed by atoms with Crippen molar-refractivity contribution in [3.05, 3.63) is 15.8 Å². The SMILES string of the molecule is CC(C)(C)C#Cc1cc(N(C(=O)[C@H]2CC[C@H](C)CC2)C2CCN(C(=O)OC3(C)CCCC3)CC2)c(C(=O)O)s1. The van der Waals surface area contributed by atoms with E-state index in [1.807, 2.05) is 27.7 Å². The van der Waals surface area contributed by atoms with Gasteiger partial charge in [0.2, 0.25) is 5.91 Å². The number of rotatable bonds is 5. The molecule has 2 aliphatic carbocycles. The summed E-state index contributed by atoms with van der Waals surface area (Å²) in [5.74, 6) is 5.79. The average molecular weight is 557 g/mol. The van der Waals surface area contributed by atoms with Gasteiger partial charge in [0.15, 0.2) is 0 Å². The van der Waals surface area contributed by atoms with Crippen molar-refractivity contribution in [2.75, 3.05) is 18.0 Å². The van der Waals surface area contributed by atoms with E-state index in [1.165, 1.54) is 0 Å². The predicted octanol–water partition coefficient (Wildman–Crippen LogP) is 6.94. The van der Waals surface area contributed by atoms with Crippen LogP contribution in [0.4, 0.5) is 10.5 Å². The van der Waals surface area contributed by atoms with E-state index in [1.54, 1.807) is 15.9 Å². The van der Waals surface area contributed by atoms with E-state index in [2.05, 4.69) is 18.8 Å². The van der Waals surface area contributed by atoms with Crippen LogP contribution >= 0.6 is 11.3 Å². The van der Waals surface area contributed by atoms with Crippen LogP contribution in [0.15, 0.2) is 6.07 Å². The third-order valence-corrected chi connectivity index (χ3v) is 9.44. The second-order valence-electron chi connectivity index (χ2n) is 13.0. The van der Waals surface area contributed by atoms with Gasteiger partial charge in [0.05, 0.1) is 10.6 Å². The van der Waals surface area contributed by atoms with E-state index in [4.69, 9.17) is 4.74 Å². The van der Waals surface area contributed by atoms with Gasteiger partial charge in [0, 0.05) is 30.5 Å². The van der Waals surface area contributed by atoms with Crippen LogP contribution in [0.3, 0.4) is 0 Å². The number of hydrogen-bond donors (Lipinski definition) is 1. The number of carboxylic acid groups (broad SMARTS) is 1. The quantitative estimate of drug-likeness (QED) is 0.397. The Kier molecular flexibility index (Phi) is 9.00. The number of hydrogen-bond acceptors (Lipinski definition) is 5. The van der Waals surface area contributed by atoms with Gasteiger partial charge in [-0.2, -0.15) is 0 Å². The number of likely N-dealkylation sites (tertiary alicyclic amines) is 1. The summed E-state index contributed by atoms with van der Waals surface area (Å²) in [6.45, 7) is 11.2. The first-order chi connectivity index (χ1) is 18.3. The fourth-order valence-corrected chi connectivity index (χ4v) is 6.87. The second-order valence-corrected chi connectivity index (χ2v) is 14.1. The second kappa shape index (κ2) is 11.9. The van der Waals surface area contributed by atoms with Crippen molar-refractivity contribution in [1.82, 2.24) is 4.90 Å². The summed E-state index contributed by atoms with van der Waals surface area (Å²) in [6.07, 6.45) is 8.50. The van der Waals surface area contributed by atoms with E-state index in [0.717, 1.165) is 62.7 Å². The highest BCUT2D eigenvalue weighted by atomic mass is 32.1. The number of nitrogens with zero attached hydrogens (tertiary/aromatic N) is 2. The molecular weight excluding hydrogens is 512 g/mol. The van der Waals surface area contributed by atoms with Gasteiger partial charge in [-0.05, 0) is 104 Å². The lowest BCUT2D eigenvalue weighted by Gasteiger charge is -2.41. The molecular formula is C31H44N2O5S. The first-order valence-corrected chi connectivity index (χ1v) is 15.4. The van der Waals surface area contributed by atoms with Gasteiger partial charge in [-0.3, -0.25) is 4.79 Å². The molecule has 0 atom stereocenters. The molecule has 214 valence electrons. The van der Waals surface area contributed by atoms with Gasteiger partial charge in [-0.15, -0.1) is 11.3 Å². The molecule has 1 aromatic heterocycles. The van der Waals surface area contributed by atoms with Crippen molar-refractivity contribution in [1.29, 1.82) is 0 Å². The zero-order valence-corrected chi connectivity index (χ0v) is 25.0. The smallest absolute Gasteiger partial charge is 0.410 e. The van der Waals surface area contributed by atoms with Crippen LogP contribution in [0.1, 0.15) is 113 Å². The maximum absolute atomic E-state index is 14.1. The number of thiophene rings is 1. The molecule has 39 heavy (non-hydrogen) atoms. The standard InChI is InChI=1S/C31H44N2O5S/c1-21-8-10-22(11-9-21)27(34)33(25-20-24(12-17-30(2,3)4)39-26(25)28(35)36)23-13-18-32(19-14-23)29(37)38-31(5)15-6-7-16-31/h20-23H,6-11,13-16,18-19H2,1-5H3,(H,35,36)/t21-,22-. The van der Waals surface area contributed by atoms with E-state index in [-0.39, 0.29) is 39.9 Å². The number of aromatic carboxylic acids is 1. The first-order valence-electron chi connectivity index (χ1n) is 14.6. The van der Waals surface area contributed by atoms with Crippen molar-refractivity contribution in [3.8, 4) is 11.8 Å². The number of amides is 2. The molecule has 3 fully saturated rings. The molecule has 1 aliphatic heterocycles. The van der Waals surface area contributed by atoms with Gasteiger partial charge in [0.1, 0.15) is 10.5 Å². The molecule has 7 nitrogen and oxygen atoms in total. The van der Waals surface area contributed by atoms with Gasteiger partial charge >= 0.3 is 12.1 Å². The fraction of sp³-hybridized carbons (Fsp3) is 0.710. The topological polar surface area (TPSA) is 87.2 Å². The third-order valence-electron chi connectivity index (χ3n) is 8.41. The summed E-state index contributed by atoms with van der Waals surface area (Å²) in [5, 5.41) is 10.1. The van der Waals surface area contributed by atoms with Gasteiger partial charge in [0.25, 0.3) is 0 Å². The first kappa shape index (κ1) is 29.5. The molecule has 2 heterocycles. The molecule has 0 spiro atoms. The summed E-state index contributed by atoms with van der Waals surface area (Å²) in [6, 6.07) is 1.61. The van der Waals surface area contributed by atoms with Crippen LogP contribution in [-0.4, -0.2) is 52.7 Å². The molecule has 0 aromatic carbocycles. The molecule has 0 radical (unpaired) electrons. The molecule has 1 aromatic rings. The zero-order chi connectivity index (χ0) is 28.4. The van der Waals surface area contributed by atoms with Crippen molar-refractivity contribution < 1.29 is 24.2 Å². The largest absolute Gasteiger partial charge is 0.477 e. The summed E-state index contributed by atoms with van der Waals surface area (Å²) in [7, 11) is 0. The van der Waals surface area contributed by atoms with E-state index in [9.17, 15) is 19.5 Å². The van der Waals surface area contributed by atoms with Crippen LogP contribution in [-0.2, 0) is 9.53 Å². The zero-order valence-electron chi connectivity index (χ0n) is 24.2. The monoisotopic (exact) mass is 556 g/mol. The minimum Gasteiger partial charge on any atom is -0.477 e. The molecule has 2 saturated carbocycles. The van der Waals surface area contributed by atoms with Crippen molar-refractivity contribution in [3.63, 3.8) is 0 Å². The van der Waals surface area contributed by atoms with Crippen molar-refractivity contribution in [2.45, 2.75) is 110 Å². The van der Waals surface area contributed by atoms with Crippen molar-refractivity contribution in [2.24, 2.45) is 17.3 Å². The lowest BCUT2D eigenvalue weighted by molar-refractivity contribution is -0.124. The lowest BCUT2D eigenvalue weighted by atomic mass is 9.82. The van der Waals surface area contributed by atoms with Crippen LogP contribution < -0.4 is 4.90 Å². The fourth-order valence-electron chi connectivity index (χ4n) is 6.03. The molecule has 1 saturated heterocycles. The Morgan fingerprint density at radius 2 is 1.69 bits per heavy atom. The van der Waals surface area contributed by atoms with Crippen LogP contribution in [0, 0.1) is 29.1 Å². The summed E-state index contributed by atoms with van der Waals surface area (Å²) in [4.78, 5) is 43.7. The predicted molar refractivity (Wildman–Crippen MR) is 154 cm³/mol. The lowest BCUT2D eigenvalue weighted by Crippen LogP contribution is -2.51. The molecule has 3 aliphatic rings. The highest BCUT2D eigenvalue weighted by molar-refractivity contribution is 7.15. The maximum Gasteiger partial charge on any atom is 0.410 e. The Bertz CT molecular complexity index is 1120. The number of carbonyl (C=O) groups is 3. The third kappa shape index (κ3) is 7.36. The highest BCUT2D eigenvalue weighted by Gasteiger charge is 2.39. The van der Waals surface area contributed by atoms with Crippen molar-refractivity contribution >= 4 is 35.0 Å². The Labute approximate surface area is 237 Å². The summed E-state index contributed by atoms with van der Waals surface area (Å²) >= 11 is 1.14. The Morgan fingerprint density at radius 1 is 1.08 bits per heavy atom. The molecule has 2 amide bonds. The summed E-state index contributed by atoms with van der Waals surface area (Å²) in [5.41, 5.74) is -0.154. The van der Waals surface area contributed by atoms with E-state index >= 15 is 0 Å². The van der Waals surface area contributed by atoms with Crippen LogP contribution in [0.25, 0.3) is 0 Å². The molecule has 0 unspecified atom stereocenters. The average Bonchev–Trinajstić information content (AvgIpc) is 3.50. The Morgan fingerprint density at radius 3 is 2.26 bits per heavy atom. The van der Waals surface area contributed by atoms with Crippen LogP contribution in [0.5, 0.6) is 0 Å².